The van der Waals surface area contributed by atoms with Crippen LogP contribution in [-0.2, 0) is 16.1 Å². The van der Waals surface area contributed by atoms with E-state index in [1.165, 1.54) is 0 Å². The van der Waals surface area contributed by atoms with Crippen LogP contribution in [0.3, 0.4) is 0 Å². The predicted molar refractivity (Wildman–Crippen MR) is 67.2 cm³/mol. The fourth-order valence-electron chi connectivity index (χ4n) is 2.07. The first-order valence-corrected chi connectivity index (χ1v) is 6.18. The van der Waals surface area contributed by atoms with Crippen LogP contribution in [0.25, 0.3) is 0 Å². The highest BCUT2D eigenvalue weighted by molar-refractivity contribution is 6.30. The maximum Gasteiger partial charge on any atom is 0.319 e. The summed E-state index contributed by atoms with van der Waals surface area (Å²) in [6, 6.07) is 7.12. The summed E-state index contributed by atoms with van der Waals surface area (Å²) >= 11 is 5.83. The van der Waals surface area contributed by atoms with Gasteiger partial charge < -0.3 is 10.4 Å². The van der Waals surface area contributed by atoms with Gasteiger partial charge in [0.1, 0.15) is 5.41 Å². The highest BCUT2D eigenvalue weighted by atomic mass is 35.5. The molecule has 1 aliphatic rings. The van der Waals surface area contributed by atoms with Gasteiger partial charge in [-0.3, -0.25) is 9.59 Å². The molecule has 5 heteroatoms. The summed E-state index contributed by atoms with van der Waals surface area (Å²) in [5, 5.41) is 12.4. The number of carbonyl (C=O) groups is 2. The van der Waals surface area contributed by atoms with Crippen molar-refractivity contribution in [1.82, 2.24) is 5.32 Å². The normalized spacial score (nSPS) is 16.7. The second-order valence-electron chi connectivity index (χ2n) is 4.55. The van der Waals surface area contributed by atoms with Gasteiger partial charge in [0.25, 0.3) is 0 Å². The molecule has 1 saturated carbocycles. The molecular weight excluding hydrogens is 254 g/mol. The molecule has 4 nitrogen and oxygen atoms in total. The molecule has 18 heavy (non-hydrogen) atoms. The van der Waals surface area contributed by atoms with E-state index in [0.29, 0.717) is 24.4 Å². The van der Waals surface area contributed by atoms with Crippen molar-refractivity contribution >= 4 is 23.5 Å². The molecular formula is C13H14ClNO3. The number of amides is 1. The molecule has 0 bridgehead atoms. The van der Waals surface area contributed by atoms with E-state index in [1.54, 1.807) is 18.2 Å². The van der Waals surface area contributed by atoms with E-state index in [4.69, 9.17) is 16.7 Å². The van der Waals surface area contributed by atoms with Gasteiger partial charge in [0.2, 0.25) is 5.91 Å². The van der Waals surface area contributed by atoms with E-state index in [9.17, 15) is 9.59 Å². The molecule has 96 valence electrons. The highest BCUT2D eigenvalue weighted by Gasteiger charge is 2.50. The van der Waals surface area contributed by atoms with E-state index in [-0.39, 0.29) is 0 Å². The number of hydrogen-bond acceptors (Lipinski definition) is 2. The topological polar surface area (TPSA) is 66.4 Å². The summed E-state index contributed by atoms with van der Waals surface area (Å²) in [6.45, 7) is 0.300. The number of carboxylic acids is 1. The minimum atomic E-state index is -1.21. The molecule has 1 aliphatic carbocycles. The van der Waals surface area contributed by atoms with Gasteiger partial charge >= 0.3 is 5.97 Å². The molecule has 0 atom stereocenters. The Kier molecular flexibility index (Phi) is 3.57. The monoisotopic (exact) mass is 267 g/mol. The maximum absolute atomic E-state index is 11.9. The van der Waals surface area contributed by atoms with Crippen LogP contribution in [0, 0.1) is 5.41 Å². The number of halogens is 1. The third kappa shape index (κ3) is 2.34. The summed E-state index contributed by atoms with van der Waals surface area (Å²) in [4.78, 5) is 23.1. The Labute approximate surface area is 110 Å². The lowest BCUT2D eigenvalue weighted by molar-refractivity contribution is -0.162. The summed E-state index contributed by atoms with van der Waals surface area (Å²) < 4.78 is 0. The lowest BCUT2D eigenvalue weighted by Crippen LogP contribution is -2.50. The summed E-state index contributed by atoms with van der Waals surface area (Å²) in [7, 11) is 0. The van der Waals surface area contributed by atoms with Gasteiger partial charge in [-0.2, -0.15) is 0 Å². The predicted octanol–water partition coefficient (Wildman–Crippen LogP) is 2.21. The highest BCUT2D eigenvalue weighted by Crippen LogP contribution is 2.41. The number of benzene rings is 1. The second kappa shape index (κ2) is 4.98. The van der Waals surface area contributed by atoms with Gasteiger partial charge in [-0.15, -0.1) is 0 Å². The number of carbonyl (C=O) groups excluding carboxylic acids is 1. The average Bonchev–Trinajstić information content (AvgIpc) is 2.24. The summed E-state index contributed by atoms with van der Waals surface area (Å²) in [5.74, 6) is -1.43. The Balaban J connectivity index is 1.98. The number of nitrogens with one attached hydrogen (secondary N) is 1. The standard InChI is InChI=1S/C13H14ClNO3/c14-10-4-1-3-9(7-10)8-15-11(16)13(12(17)18)5-2-6-13/h1,3-4,7H,2,5-6,8H2,(H,15,16)(H,17,18). The first-order valence-electron chi connectivity index (χ1n) is 5.81. The Morgan fingerprint density at radius 3 is 2.61 bits per heavy atom. The fourth-order valence-corrected chi connectivity index (χ4v) is 2.28. The largest absolute Gasteiger partial charge is 0.480 e. The van der Waals surface area contributed by atoms with Gasteiger partial charge in [-0.1, -0.05) is 30.2 Å². The lowest BCUT2D eigenvalue weighted by Gasteiger charge is -2.35. The molecule has 0 aliphatic heterocycles. The first kappa shape index (κ1) is 12.9. The third-order valence-corrected chi connectivity index (χ3v) is 3.63. The number of carboxylic acid groups (broad SMARTS) is 1. The van der Waals surface area contributed by atoms with Crippen LogP contribution in [0.4, 0.5) is 0 Å². The molecule has 1 aromatic carbocycles. The number of aliphatic carboxylic acids is 1. The van der Waals surface area contributed by atoms with Crippen LogP contribution in [0.1, 0.15) is 24.8 Å². The molecule has 1 aromatic rings. The van der Waals surface area contributed by atoms with Crippen LogP contribution < -0.4 is 5.32 Å². The van der Waals surface area contributed by atoms with Gasteiger partial charge in [0.15, 0.2) is 0 Å². The minimum absolute atomic E-state index is 0.300. The van der Waals surface area contributed by atoms with Crippen molar-refractivity contribution in [2.75, 3.05) is 0 Å². The molecule has 0 radical (unpaired) electrons. The van der Waals surface area contributed by atoms with E-state index in [2.05, 4.69) is 5.32 Å². The van der Waals surface area contributed by atoms with Crippen LogP contribution in [0.15, 0.2) is 24.3 Å². The van der Waals surface area contributed by atoms with Crippen molar-refractivity contribution < 1.29 is 14.7 Å². The first-order chi connectivity index (χ1) is 8.54. The lowest BCUT2D eigenvalue weighted by atomic mass is 9.68. The Bertz CT molecular complexity index is 483. The maximum atomic E-state index is 11.9. The SMILES string of the molecule is O=C(O)C1(C(=O)NCc2cccc(Cl)c2)CCC1. The molecule has 0 aromatic heterocycles. The van der Waals surface area contributed by atoms with Crippen LogP contribution in [-0.4, -0.2) is 17.0 Å². The Hall–Kier alpha value is -1.55. The van der Waals surface area contributed by atoms with Gasteiger partial charge in [0.05, 0.1) is 0 Å². The molecule has 0 saturated heterocycles. The smallest absolute Gasteiger partial charge is 0.319 e. The summed E-state index contributed by atoms with van der Waals surface area (Å²) in [6.07, 6.45) is 1.63. The van der Waals surface area contributed by atoms with Gasteiger partial charge in [-0.25, -0.2) is 0 Å². The van der Waals surface area contributed by atoms with E-state index in [1.807, 2.05) is 6.07 Å². The van der Waals surface area contributed by atoms with Crippen molar-refractivity contribution in [2.24, 2.45) is 5.41 Å². The van der Waals surface area contributed by atoms with Gasteiger partial charge in [0, 0.05) is 11.6 Å². The van der Waals surface area contributed by atoms with Gasteiger partial charge in [-0.05, 0) is 30.5 Å². The third-order valence-electron chi connectivity index (χ3n) is 3.39. The average molecular weight is 268 g/mol. The molecule has 0 spiro atoms. The number of rotatable bonds is 4. The molecule has 1 amide bonds. The van der Waals surface area contributed by atoms with Crippen molar-refractivity contribution in [1.29, 1.82) is 0 Å². The zero-order valence-corrected chi connectivity index (χ0v) is 10.5. The molecule has 2 N–H and O–H groups in total. The zero-order valence-electron chi connectivity index (χ0n) is 9.78. The quantitative estimate of drug-likeness (QED) is 0.822. The van der Waals surface area contributed by atoms with E-state index >= 15 is 0 Å². The van der Waals surface area contributed by atoms with E-state index in [0.717, 1.165) is 12.0 Å². The van der Waals surface area contributed by atoms with Crippen molar-refractivity contribution in [3.05, 3.63) is 34.9 Å². The van der Waals surface area contributed by atoms with Crippen molar-refractivity contribution in [2.45, 2.75) is 25.8 Å². The Morgan fingerprint density at radius 1 is 1.39 bits per heavy atom. The zero-order chi connectivity index (χ0) is 13.2. The Morgan fingerprint density at radius 2 is 2.11 bits per heavy atom. The molecule has 1 fully saturated rings. The van der Waals surface area contributed by atoms with E-state index < -0.39 is 17.3 Å². The minimum Gasteiger partial charge on any atom is -0.480 e. The van der Waals surface area contributed by atoms with Crippen LogP contribution in [0.5, 0.6) is 0 Å². The molecule has 0 heterocycles. The molecule has 2 rings (SSSR count). The molecule has 0 unspecified atom stereocenters. The summed E-state index contributed by atoms with van der Waals surface area (Å²) in [5.41, 5.74) is -0.353. The van der Waals surface area contributed by atoms with Crippen molar-refractivity contribution in [3.63, 3.8) is 0 Å². The number of hydrogen-bond donors (Lipinski definition) is 2. The van der Waals surface area contributed by atoms with Crippen LogP contribution in [0.2, 0.25) is 5.02 Å². The fraction of sp³-hybridized carbons (Fsp3) is 0.385. The van der Waals surface area contributed by atoms with Crippen LogP contribution >= 0.6 is 11.6 Å². The van der Waals surface area contributed by atoms with Crippen molar-refractivity contribution in [3.8, 4) is 0 Å². The second-order valence-corrected chi connectivity index (χ2v) is 4.99.